The number of rotatable bonds is 1. The first-order valence-corrected chi connectivity index (χ1v) is 3.36. The Morgan fingerprint density at radius 2 is 2.10 bits per heavy atom. The summed E-state index contributed by atoms with van der Waals surface area (Å²) in [6.07, 6.45) is 1.43. The van der Waals surface area contributed by atoms with Gasteiger partial charge in [-0.05, 0) is 12.8 Å². The second kappa shape index (κ2) is 3.33. The normalized spacial score (nSPS) is 19.9. The number of carbonyl (C=O) groups excluding carboxylic acids is 1. The highest BCUT2D eigenvalue weighted by Gasteiger charge is 2.20. The van der Waals surface area contributed by atoms with Crippen LogP contribution in [0.5, 0.6) is 0 Å². The van der Waals surface area contributed by atoms with E-state index in [-0.39, 0.29) is 11.7 Å². The van der Waals surface area contributed by atoms with Crippen LogP contribution in [0.15, 0.2) is 0 Å². The number of nitriles is 1. The Labute approximate surface area is 59.6 Å². The van der Waals surface area contributed by atoms with Crippen LogP contribution in [-0.2, 0) is 9.53 Å². The van der Waals surface area contributed by atoms with Crippen molar-refractivity contribution in [3.8, 4) is 6.07 Å². The van der Waals surface area contributed by atoms with Gasteiger partial charge in [-0.1, -0.05) is 0 Å². The van der Waals surface area contributed by atoms with Gasteiger partial charge in [0.1, 0.15) is 6.07 Å². The van der Waals surface area contributed by atoms with E-state index in [1.165, 1.54) is 0 Å². The third-order valence-electron chi connectivity index (χ3n) is 1.70. The lowest BCUT2D eigenvalue weighted by Gasteiger charge is -2.17. The summed E-state index contributed by atoms with van der Waals surface area (Å²) < 4.78 is 5.03. The van der Waals surface area contributed by atoms with E-state index < -0.39 is 0 Å². The van der Waals surface area contributed by atoms with Crippen LogP contribution in [0.4, 0.5) is 0 Å². The Kier molecular flexibility index (Phi) is 2.41. The summed E-state index contributed by atoms with van der Waals surface area (Å²) in [5.41, 5.74) is 0. The number of hydrogen-bond acceptors (Lipinski definition) is 3. The van der Waals surface area contributed by atoms with Crippen LogP contribution >= 0.6 is 0 Å². The van der Waals surface area contributed by atoms with Gasteiger partial charge in [0.05, 0.1) is 0 Å². The summed E-state index contributed by atoms with van der Waals surface area (Å²) in [6.45, 7) is 1.25. The molecule has 0 N–H and O–H groups in total. The number of ketones is 1. The van der Waals surface area contributed by atoms with Crippen molar-refractivity contribution in [1.29, 1.82) is 5.26 Å². The molecule has 54 valence electrons. The zero-order valence-corrected chi connectivity index (χ0v) is 5.67. The van der Waals surface area contributed by atoms with Gasteiger partial charge in [-0.15, -0.1) is 0 Å². The summed E-state index contributed by atoms with van der Waals surface area (Å²) in [6, 6.07) is 1.64. The zero-order chi connectivity index (χ0) is 7.40. The van der Waals surface area contributed by atoms with Crippen molar-refractivity contribution in [2.75, 3.05) is 13.2 Å². The Morgan fingerprint density at radius 3 is 2.60 bits per heavy atom. The molecule has 0 aromatic heterocycles. The largest absolute Gasteiger partial charge is 0.381 e. The van der Waals surface area contributed by atoms with Crippen LogP contribution < -0.4 is 0 Å². The van der Waals surface area contributed by atoms with E-state index in [1.54, 1.807) is 6.07 Å². The third kappa shape index (κ3) is 1.55. The van der Waals surface area contributed by atoms with E-state index in [0.717, 1.165) is 0 Å². The van der Waals surface area contributed by atoms with Crippen molar-refractivity contribution < 1.29 is 9.53 Å². The van der Waals surface area contributed by atoms with Crippen LogP contribution in [0.3, 0.4) is 0 Å². The van der Waals surface area contributed by atoms with Gasteiger partial charge >= 0.3 is 0 Å². The lowest BCUT2D eigenvalue weighted by molar-refractivity contribution is -0.120. The molecule has 0 bridgehead atoms. The van der Waals surface area contributed by atoms with Crippen LogP contribution in [0.25, 0.3) is 0 Å². The van der Waals surface area contributed by atoms with E-state index >= 15 is 0 Å². The highest BCUT2D eigenvalue weighted by atomic mass is 16.5. The molecule has 1 aliphatic heterocycles. The topological polar surface area (TPSA) is 50.1 Å². The Bertz CT molecular complexity index is 165. The highest BCUT2D eigenvalue weighted by molar-refractivity contribution is 5.95. The average Bonchev–Trinajstić information content (AvgIpc) is 2.05. The van der Waals surface area contributed by atoms with Crippen LogP contribution in [0, 0.1) is 17.2 Å². The Morgan fingerprint density at radius 1 is 1.50 bits per heavy atom. The molecule has 0 amide bonds. The molecule has 1 aliphatic rings. The number of hydrogen-bond donors (Lipinski definition) is 0. The molecule has 10 heavy (non-hydrogen) atoms. The van der Waals surface area contributed by atoms with Gasteiger partial charge in [0.2, 0.25) is 5.78 Å². The maximum absolute atomic E-state index is 10.8. The fourth-order valence-electron chi connectivity index (χ4n) is 1.05. The summed E-state index contributed by atoms with van der Waals surface area (Å²) in [5, 5.41) is 8.25. The fourth-order valence-corrected chi connectivity index (χ4v) is 1.05. The van der Waals surface area contributed by atoms with E-state index in [0.29, 0.717) is 26.1 Å². The van der Waals surface area contributed by atoms with E-state index in [4.69, 9.17) is 10.00 Å². The van der Waals surface area contributed by atoms with Crippen molar-refractivity contribution in [2.45, 2.75) is 12.8 Å². The maximum Gasteiger partial charge on any atom is 0.235 e. The number of nitrogens with zero attached hydrogens (tertiary/aromatic N) is 1. The van der Waals surface area contributed by atoms with Gasteiger partial charge in [-0.2, -0.15) is 5.26 Å². The molecule has 0 radical (unpaired) electrons. The predicted molar refractivity (Wildman–Crippen MR) is 34.2 cm³/mol. The molecule has 1 rings (SSSR count). The predicted octanol–water partition coefficient (Wildman–Crippen LogP) is 0.506. The molecule has 0 saturated carbocycles. The summed E-state index contributed by atoms with van der Waals surface area (Å²) in [4.78, 5) is 10.8. The van der Waals surface area contributed by atoms with E-state index in [1.807, 2.05) is 0 Å². The third-order valence-corrected chi connectivity index (χ3v) is 1.70. The van der Waals surface area contributed by atoms with E-state index in [9.17, 15) is 4.79 Å². The first-order valence-electron chi connectivity index (χ1n) is 3.36. The Hall–Kier alpha value is -0.880. The molecule has 0 aliphatic carbocycles. The van der Waals surface area contributed by atoms with Crippen molar-refractivity contribution in [1.82, 2.24) is 0 Å². The van der Waals surface area contributed by atoms with Crippen LogP contribution in [0.2, 0.25) is 0 Å². The minimum absolute atomic E-state index is 0.0567. The standard InChI is InChI=1S/C7H9NO2/c8-5-7(9)6-1-3-10-4-2-6/h6H,1-4H2. The quantitative estimate of drug-likeness (QED) is 0.497. The van der Waals surface area contributed by atoms with Crippen LogP contribution in [-0.4, -0.2) is 19.0 Å². The molecule has 1 saturated heterocycles. The fraction of sp³-hybridized carbons (Fsp3) is 0.714. The van der Waals surface area contributed by atoms with Crippen molar-refractivity contribution in [2.24, 2.45) is 5.92 Å². The molecule has 0 unspecified atom stereocenters. The molecular formula is C7H9NO2. The van der Waals surface area contributed by atoms with Gasteiger partial charge in [0.15, 0.2) is 0 Å². The van der Waals surface area contributed by atoms with Crippen molar-refractivity contribution in [3.63, 3.8) is 0 Å². The molecule has 0 spiro atoms. The SMILES string of the molecule is N#CC(=O)C1CCOCC1. The molecular weight excluding hydrogens is 130 g/mol. The van der Waals surface area contributed by atoms with Gasteiger partial charge in [0, 0.05) is 19.1 Å². The minimum atomic E-state index is -0.289. The van der Waals surface area contributed by atoms with Gasteiger partial charge < -0.3 is 4.74 Å². The second-order valence-corrected chi connectivity index (χ2v) is 2.36. The molecule has 1 fully saturated rings. The maximum atomic E-state index is 10.8. The van der Waals surface area contributed by atoms with Gasteiger partial charge in [-0.25, -0.2) is 0 Å². The lowest BCUT2D eigenvalue weighted by Crippen LogP contribution is -2.22. The summed E-state index contributed by atoms with van der Waals surface area (Å²) in [5.74, 6) is -0.345. The second-order valence-electron chi connectivity index (χ2n) is 2.36. The van der Waals surface area contributed by atoms with Gasteiger partial charge in [0.25, 0.3) is 0 Å². The molecule has 0 aromatic rings. The van der Waals surface area contributed by atoms with Crippen molar-refractivity contribution in [3.05, 3.63) is 0 Å². The summed E-state index contributed by atoms with van der Waals surface area (Å²) >= 11 is 0. The minimum Gasteiger partial charge on any atom is -0.381 e. The van der Waals surface area contributed by atoms with Crippen LogP contribution in [0.1, 0.15) is 12.8 Å². The molecule has 3 nitrogen and oxygen atoms in total. The first-order chi connectivity index (χ1) is 4.84. The van der Waals surface area contributed by atoms with Crippen molar-refractivity contribution >= 4 is 5.78 Å². The molecule has 0 aromatic carbocycles. The number of Topliss-reactive ketones (excluding diaryl/α,β-unsaturated/α-hetero) is 1. The first kappa shape index (κ1) is 7.23. The smallest absolute Gasteiger partial charge is 0.235 e. The highest BCUT2D eigenvalue weighted by Crippen LogP contribution is 2.14. The summed E-state index contributed by atoms with van der Waals surface area (Å²) in [7, 11) is 0. The van der Waals surface area contributed by atoms with Gasteiger partial charge in [-0.3, -0.25) is 4.79 Å². The number of ether oxygens (including phenoxy) is 1. The monoisotopic (exact) mass is 139 g/mol. The average molecular weight is 139 g/mol. The lowest BCUT2D eigenvalue weighted by atomic mass is 9.96. The Balaban J connectivity index is 2.40. The molecule has 0 atom stereocenters. The van der Waals surface area contributed by atoms with E-state index in [2.05, 4.69) is 0 Å². The molecule has 3 heteroatoms. The molecule has 1 heterocycles. The number of carbonyl (C=O) groups is 1. The zero-order valence-electron chi connectivity index (χ0n) is 5.67.